The summed E-state index contributed by atoms with van der Waals surface area (Å²) in [6, 6.07) is 11.2. The molecule has 25 heavy (non-hydrogen) atoms. The number of non-ortho nitro benzene ring substituents is 1. The number of nitrogens with one attached hydrogen (secondary N) is 1. The Morgan fingerprint density at radius 2 is 1.96 bits per heavy atom. The highest BCUT2D eigenvalue weighted by molar-refractivity contribution is 6.34. The summed E-state index contributed by atoms with van der Waals surface area (Å²) in [7, 11) is 1.60. The molecule has 6 nitrogen and oxygen atoms in total. The zero-order chi connectivity index (χ0) is 18.0. The van der Waals surface area contributed by atoms with Crippen molar-refractivity contribution in [1.29, 1.82) is 0 Å². The average molecular weight is 361 g/mol. The van der Waals surface area contributed by atoms with Gasteiger partial charge in [0.1, 0.15) is 5.75 Å². The van der Waals surface area contributed by atoms with Crippen LogP contribution in [0.15, 0.2) is 42.5 Å². The predicted molar refractivity (Wildman–Crippen MR) is 94.0 cm³/mol. The van der Waals surface area contributed by atoms with Crippen molar-refractivity contribution < 1.29 is 14.5 Å². The Balaban J connectivity index is 1.84. The highest BCUT2D eigenvalue weighted by Gasteiger charge is 2.34. The fourth-order valence-electron chi connectivity index (χ4n) is 2.73. The Labute approximate surface area is 149 Å². The Kier molecular flexibility index (Phi) is 4.90. The van der Waals surface area contributed by atoms with Gasteiger partial charge in [-0.1, -0.05) is 23.7 Å². The molecule has 1 fully saturated rings. The molecule has 7 heteroatoms. The van der Waals surface area contributed by atoms with Crippen LogP contribution >= 0.6 is 11.6 Å². The van der Waals surface area contributed by atoms with Crippen LogP contribution in [0.4, 0.5) is 5.69 Å². The van der Waals surface area contributed by atoms with E-state index in [2.05, 4.69) is 5.32 Å². The second-order valence-electron chi connectivity index (χ2n) is 5.98. The molecule has 130 valence electrons. The molecule has 2 aromatic rings. The van der Waals surface area contributed by atoms with Gasteiger partial charge in [-0.3, -0.25) is 14.9 Å². The third kappa shape index (κ3) is 3.91. The molecule has 1 atom stereocenters. The molecule has 2 aromatic carbocycles. The molecule has 0 bridgehead atoms. The number of carbonyl (C=O) groups is 1. The summed E-state index contributed by atoms with van der Waals surface area (Å²) in [6.07, 6.45) is 2.05. The maximum absolute atomic E-state index is 12.6. The number of nitro groups is 1. The number of benzene rings is 2. The van der Waals surface area contributed by atoms with Crippen molar-refractivity contribution in [1.82, 2.24) is 5.32 Å². The van der Waals surface area contributed by atoms with E-state index in [1.165, 1.54) is 18.2 Å². The van der Waals surface area contributed by atoms with E-state index in [1.54, 1.807) is 7.11 Å². The van der Waals surface area contributed by atoms with Crippen LogP contribution in [-0.2, 0) is 0 Å². The summed E-state index contributed by atoms with van der Waals surface area (Å²) in [5, 5.41) is 14.1. The van der Waals surface area contributed by atoms with Crippen LogP contribution in [0.1, 0.15) is 34.8 Å². The molecule has 0 heterocycles. The van der Waals surface area contributed by atoms with E-state index in [4.69, 9.17) is 16.3 Å². The highest BCUT2D eigenvalue weighted by Crippen LogP contribution is 2.41. The minimum atomic E-state index is -0.547. The fourth-order valence-corrected chi connectivity index (χ4v) is 2.94. The minimum absolute atomic E-state index is 0.107. The second-order valence-corrected chi connectivity index (χ2v) is 6.39. The van der Waals surface area contributed by atoms with E-state index in [0.717, 1.165) is 24.2 Å². The first kappa shape index (κ1) is 17.2. The molecule has 0 aliphatic heterocycles. The van der Waals surface area contributed by atoms with Gasteiger partial charge in [0.25, 0.3) is 11.6 Å². The lowest BCUT2D eigenvalue weighted by atomic mass is 10.0. The van der Waals surface area contributed by atoms with E-state index in [9.17, 15) is 14.9 Å². The monoisotopic (exact) mass is 360 g/mol. The van der Waals surface area contributed by atoms with Crippen LogP contribution in [0.25, 0.3) is 0 Å². The van der Waals surface area contributed by atoms with Gasteiger partial charge < -0.3 is 10.1 Å². The van der Waals surface area contributed by atoms with Crippen LogP contribution in [0.2, 0.25) is 5.02 Å². The second kappa shape index (κ2) is 7.11. The summed E-state index contributed by atoms with van der Waals surface area (Å²) < 4.78 is 5.16. The first-order chi connectivity index (χ1) is 12.0. The van der Waals surface area contributed by atoms with Gasteiger partial charge in [-0.25, -0.2) is 0 Å². The van der Waals surface area contributed by atoms with E-state index in [0.29, 0.717) is 5.92 Å². The van der Waals surface area contributed by atoms with Crippen LogP contribution in [0.3, 0.4) is 0 Å². The quantitative estimate of drug-likeness (QED) is 0.620. The van der Waals surface area contributed by atoms with Gasteiger partial charge in [-0.2, -0.15) is 0 Å². The fraction of sp³-hybridized carbons (Fsp3) is 0.278. The number of carbonyl (C=O) groups excluding carboxylic acids is 1. The van der Waals surface area contributed by atoms with E-state index >= 15 is 0 Å². The zero-order valence-corrected chi connectivity index (χ0v) is 14.3. The van der Waals surface area contributed by atoms with Gasteiger partial charge in [0.2, 0.25) is 0 Å². The van der Waals surface area contributed by atoms with Crippen molar-refractivity contribution in [2.24, 2.45) is 5.92 Å². The first-order valence-electron chi connectivity index (χ1n) is 7.88. The van der Waals surface area contributed by atoms with Crippen molar-refractivity contribution in [2.45, 2.75) is 18.9 Å². The van der Waals surface area contributed by atoms with E-state index in [1.807, 2.05) is 24.3 Å². The molecule has 0 aromatic heterocycles. The normalized spacial score (nSPS) is 14.6. The maximum atomic E-state index is 12.6. The first-order valence-corrected chi connectivity index (χ1v) is 8.26. The molecule has 1 unspecified atom stereocenters. The largest absolute Gasteiger partial charge is 0.497 e. The van der Waals surface area contributed by atoms with Crippen LogP contribution in [0.5, 0.6) is 5.75 Å². The van der Waals surface area contributed by atoms with Gasteiger partial charge >= 0.3 is 0 Å². The molecule has 1 saturated carbocycles. The molecule has 1 aliphatic rings. The molecule has 0 spiro atoms. The van der Waals surface area contributed by atoms with Crippen LogP contribution in [0, 0.1) is 16.0 Å². The predicted octanol–water partition coefficient (Wildman–Crippen LogP) is 4.14. The number of hydrogen-bond donors (Lipinski definition) is 1. The standard InChI is InChI=1S/C18H17ClN2O4/c1-25-14-7-4-12(5-8-14)17(11-2-3-11)20-18(22)15-10-13(21(23)24)6-9-16(15)19/h4-11,17H,2-3H2,1H3,(H,20,22). The summed E-state index contributed by atoms with van der Waals surface area (Å²) in [4.78, 5) is 23.0. The Morgan fingerprint density at radius 3 is 2.52 bits per heavy atom. The molecular weight excluding hydrogens is 344 g/mol. The number of nitrogens with zero attached hydrogens (tertiary/aromatic N) is 1. The molecule has 0 radical (unpaired) electrons. The number of ether oxygens (including phenoxy) is 1. The van der Waals surface area contributed by atoms with Gasteiger partial charge in [0.15, 0.2) is 0 Å². The zero-order valence-electron chi connectivity index (χ0n) is 13.6. The molecule has 0 saturated heterocycles. The molecule has 1 aliphatic carbocycles. The number of hydrogen-bond acceptors (Lipinski definition) is 4. The Bertz CT molecular complexity index is 803. The number of nitro benzene ring substituents is 1. The lowest BCUT2D eigenvalue weighted by Gasteiger charge is -2.19. The van der Waals surface area contributed by atoms with Crippen molar-refractivity contribution in [2.75, 3.05) is 7.11 Å². The van der Waals surface area contributed by atoms with Crippen molar-refractivity contribution >= 4 is 23.2 Å². The van der Waals surface area contributed by atoms with Crippen LogP contribution < -0.4 is 10.1 Å². The molecule has 3 rings (SSSR count). The van der Waals surface area contributed by atoms with E-state index < -0.39 is 10.8 Å². The lowest BCUT2D eigenvalue weighted by molar-refractivity contribution is -0.384. The topological polar surface area (TPSA) is 81.5 Å². The van der Waals surface area contributed by atoms with Gasteiger partial charge in [0, 0.05) is 12.1 Å². The number of halogens is 1. The number of methoxy groups -OCH3 is 1. The summed E-state index contributed by atoms with van der Waals surface area (Å²) in [5.74, 6) is 0.683. The summed E-state index contributed by atoms with van der Waals surface area (Å²) >= 11 is 6.06. The van der Waals surface area contributed by atoms with E-state index in [-0.39, 0.29) is 22.3 Å². The van der Waals surface area contributed by atoms with Crippen molar-refractivity contribution in [3.8, 4) is 5.75 Å². The number of rotatable bonds is 6. The summed E-state index contributed by atoms with van der Waals surface area (Å²) in [5.41, 5.74) is 0.912. The lowest BCUT2D eigenvalue weighted by Crippen LogP contribution is -2.30. The van der Waals surface area contributed by atoms with Crippen molar-refractivity contribution in [3.63, 3.8) is 0 Å². The molecule has 1 amide bonds. The Morgan fingerprint density at radius 1 is 1.28 bits per heavy atom. The molecule has 1 N–H and O–H groups in total. The highest BCUT2D eigenvalue weighted by atomic mass is 35.5. The Hall–Kier alpha value is -2.60. The van der Waals surface area contributed by atoms with Crippen molar-refractivity contribution in [3.05, 3.63) is 68.7 Å². The third-order valence-electron chi connectivity index (χ3n) is 4.26. The molecular formula is C18H17ClN2O4. The third-order valence-corrected chi connectivity index (χ3v) is 4.59. The number of amides is 1. The average Bonchev–Trinajstić information content (AvgIpc) is 3.44. The van der Waals surface area contributed by atoms with Gasteiger partial charge in [-0.15, -0.1) is 0 Å². The summed E-state index contributed by atoms with van der Waals surface area (Å²) in [6.45, 7) is 0. The maximum Gasteiger partial charge on any atom is 0.270 e. The van der Waals surface area contributed by atoms with Gasteiger partial charge in [0.05, 0.1) is 28.7 Å². The minimum Gasteiger partial charge on any atom is -0.497 e. The van der Waals surface area contributed by atoms with Crippen LogP contribution in [-0.4, -0.2) is 17.9 Å². The smallest absolute Gasteiger partial charge is 0.270 e. The SMILES string of the molecule is COc1ccc(C(NC(=O)c2cc([N+](=O)[O-])ccc2Cl)C2CC2)cc1. The van der Waals surface area contributed by atoms with Gasteiger partial charge in [-0.05, 0) is 42.5 Å².